The molecule has 0 unspecified atom stereocenters. The van der Waals surface area contributed by atoms with Crippen molar-refractivity contribution in [1.82, 2.24) is 5.32 Å². The summed E-state index contributed by atoms with van der Waals surface area (Å²) in [5.74, 6) is -3.05. The van der Waals surface area contributed by atoms with Crippen LogP contribution in [0.1, 0.15) is 47.0 Å². The molecule has 0 aromatic heterocycles. The van der Waals surface area contributed by atoms with E-state index in [1.54, 1.807) is 13.8 Å². The fourth-order valence-corrected chi connectivity index (χ4v) is 1.44. The highest BCUT2D eigenvalue weighted by Gasteiger charge is 2.26. The molecule has 0 bridgehead atoms. The number of amides is 1. The third-order valence-corrected chi connectivity index (χ3v) is 3.52. The lowest BCUT2D eigenvalue weighted by molar-refractivity contribution is -0.159. The first-order valence-corrected chi connectivity index (χ1v) is 8.37. The number of esters is 3. The first kappa shape index (κ1) is 23.5. The van der Waals surface area contributed by atoms with Crippen LogP contribution < -0.4 is 5.32 Å². The SMILES string of the molecule is CCC(C)(C)C(=O)OCCOC(=O)CCC(=O)NCCOC(=O)C(C)=O. The zero-order valence-electron chi connectivity index (χ0n) is 15.7. The summed E-state index contributed by atoms with van der Waals surface area (Å²) in [4.78, 5) is 56.2. The van der Waals surface area contributed by atoms with Gasteiger partial charge in [0.1, 0.15) is 19.8 Å². The number of Topliss-reactive ketones (excluding diaryl/α,β-unsaturated/α-hetero) is 1. The largest absolute Gasteiger partial charge is 0.462 e. The van der Waals surface area contributed by atoms with E-state index < -0.39 is 29.0 Å². The molecule has 0 aliphatic carbocycles. The molecule has 0 aromatic carbocycles. The summed E-state index contributed by atoms with van der Waals surface area (Å²) in [6.45, 7) is 6.28. The van der Waals surface area contributed by atoms with Crippen molar-refractivity contribution in [1.29, 1.82) is 0 Å². The number of ether oxygens (including phenoxy) is 3. The van der Waals surface area contributed by atoms with E-state index in [0.29, 0.717) is 6.42 Å². The molecule has 26 heavy (non-hydrogen) atoms. The van der Waals surface area contributed by atoms with Gasteiger partial charge in [0.2, 0.25) is 11.7 Å². The Balaban J connectivity index is 3.76. The summed E-state index contributed by atoms with van der Waals surface area (Å²) in [5.41, 5.74) is -0.582. The Kier molecular flexibility index (Phi) is 10.9. The van der Waals surface area contributed by atoms with Gasteiger partial charge in [-0.3, -0.25) is 19.2 Å². The van der Waals surface area contributed by atoms with E-state index >= 15 is 0 Å². The average Bonchev–Trinajstić information content (AvgIpc) is 2.59. The van der Waals surface area contributed by atoms with E-state index in [0.717, 1.165) is 6.92 Å². The van der Waals surface area contributed by atoms with Gasteiger partial charge in [0.15, 0.2) is 0 Å². The van der Waals surface area contributed by atoms with Crippen molar-refractivity contribution in [2.24, 2.45) is 5.41 Å². The molecule has 0 saturated heterocycles. The Labute approximate surface area is 152 Å². The average molecular weight is 373 g/mol. The van der Waals surface area contributed by atoms with Crippen molar-refractivity contribution in [3.8, 4) is 0 Å². The Hall–Kier alpha value is -2.45. The topological polar surface area (TPSA) is 125 Å². The number of rotatable bonds is 12. The van der Waals surface area contributed by atoms with E-state index in [2.05, 4.69) is 10.1 Å². The van der Waals surface area contributed by atoms with Gasteiger partial charge < -0.3 is 19.5 Å². The maximum absolute atomic E-state index is 11.7. The van der Waals surface area contributed by atoms with E-state index in [-0.39, 0.29) is 45.2 Å². The standard InChI is InChI=1S/C17H27NO8/c1-5-17(3,4)16(23)26-11-10-24-14(21)7-6-13(20)18-8-9-25-15(22)12(2)19/h5-11H2,1-4H3,(H,18,20). The molecule has 0 fully saturated rings. The van der Waals surface area contributed by atoms with Crippen LogP contribution in [0.25, 0.3) is 0 Å². The highest BCUT2D eigenvalue weighted by Crippen LogP contribution is 2.21. The van der Waals surface area contributed by atoms with Crippen LogP contribution >= 0.6 is 0 Å². The molecule has 0 heterocycles. The summed E-state index contributed by atoms with van der Waals surface area (Å²) in [6, 6.07) is 0. The monoisotopic (exact) mass is 373 g/mol. The Bertz CT molecular complexity index is 527. The first-order valence-electron chi connectivity index (χ1n) is 8.37. The molecule has 0 aliphatic heterocycles. The van der Waals surface area contributed by atoms with Crippen LogP contribution in [0.15, 0.2) is 0 Å². The van der Waals surface area contributed by atoms with Gasteiger partial charge in [0, 0.05) is 13.3 Å². The maximum Gasteiger partial charge on any atom is 0.374 e. The molecule has 0 rings (SSSR count). The van der Waals surface area contributed by atoms with Crippen LogP contribution in [0, 0.1) is 5.41 Å². The molecule has 0 radical (unpaired) electrons. The van der Waals surface area contributed by atoms with Crippen molar-refractivity contribution in [2.75, 3.05) is 26.4 Å². The third-order valence-electron chi connectivity index (χ3n) is 3.52. The number of ketones is 1. The minimum absolute atomic E-state index is 0.0378. The molecule has 9 nitrogen and oxygen atoms in total. The van der Waals surface area contributed by atoms with Crippen molar-refractivity contribution in [2.45, 2.75) is 47.0 Å². The van der Waals surface area contributed by atoms with Crippen LogP contribution in [-0.4, -0.2) is 56.0 Å². The smallest absolute Gasteiger partial charge is 0.374 e. The molecule has 0 atom stereocenters. The van der Waals surface area contributed by atoms with Crippen molar-refractivity contribution >= 4 is 29.6 Å². The maximum atomic E-state index is 11.7. The summed E-state index contributed by atoms with van der Waals surface area (Å²) in [7, 11) is 0. The molecule has 0 saturated carbocycles. The van der Waals surface area contributed by atoms with Crippen LogP contribution in [0.4, 0.5) is 0 Å². The van der Waals surface area contributed by atoms with Gasteiger partial charge in [-0.15, -0.1) is 0 Å². The summed E-state index contributed by atoms with van der Waals surface area (Å²) in [6.07, 6.45) is 0.407. The van der Waals surface area contributed by atoms with Crippen molar-refractivity contribution < 1.29 is 38.2 Å². The molecule has 0 aliphatic rings. The lowest BCUT2D eigenvalue weighted by Gasteiger charge is -2.20. The van der Waals surface area contributed by atoms with E-state index in [1.807, 2.05) is 6.92 Å². The van der Waals surface area contributed by atoms with Gasteiger partial charge in [-0.1, -0.05) is 6.92 Å². The van der Waals surface area contributed by atoms with Gasteiger partial charge in [-0.2, -0.15) is 0 Å². The molecular weight excluding hydrogens is 346 g/mol. The lowest BCUT2D eigenvalue weighted by Crippen LogP contribution is -2.29. The fraction of sp³-hybridized carbons (Fsp3) is 0.706. The van der Waals surface area contributed by atoms with Crippen molar-refractivity contribution in [3.63, 3.8) is 0 Å². The highest BCUT2D eigenvalue weighted by molar-refractivity contribution is 6.32. The van der Waals surface area contributed by atoms with Gasteiger partial charge in [0.25, 0.3) is 0 Å². The van der Waals surface area contributed by atoms with Gasteiger partial charge in [-0.25, -0.2) is 4.79 Å². The Morgan fingerprint density at radius 1 is 0.885 bits per heavy atom. The molecular formula is C17H27NO8. The predicted molar refractivity (Wildman–Crippen MR) is 89.9 cm³/mol. The second-order valence-corrected chi connectivity index (χ2v) is 6.14. The highest BCUT2D eigenvalue weighted by atomic mass is 16.6. The summed E-state index contributed by atoms with van der Waals surface area (Å²) >= 11 is 0. The van der Waals surface area contributed by atoms with E-state index in [1.165, 1.54) is 0 Å². The minimum Gasteiger partial charge on any atom is -0.462 e. The second-order valence-electron chi connectivity index (χ2n) is 6.14. The number of carbonyl (C=O) groups is 5. The van der Waals surface area contributed by atoms with E-state index in [9.17, 15) is 24.0 Å². The van der Waals surface area contributed by atoms with E-state index in [4.69, 9.17) is 9.47 Å². The molecule has 148 valence electrons. The van der Waals surface area contributed by atoms with Crippen LogP contribution in [0.3, 0.4) is 0 Å². The predicted octanol–water partition coefficient (Wildman–Crippen LogP) is 0.538. The second kappa shape index (κ2) is 12.0. The summed E-state index contributed by atoms with van der Waals surface area (Å²) < 4.78 is 14.4. The summed E-state index contributed by atoms with van der Waals surface area (Å²) in [5, 5.41) is 2.43. The van der Waals surface area contributed by atoms with Gasteiger partial charge >= 0.3 is 17.9 Å². The number of carbonyl (C=O) groups excluding carboxylic acids is 5. The first-order chi connectivity index (χ1) is 12.1. The molecule has 0 spiro atoms. The Morgan fingerprint density at radius 2 is 1.50 bits per heavy atom. The molecule has 1 N–H and O–H groups in total. The van der Waals surface area contributed by atoms with Crippen LogP contribution in [-0.2, 0) is 38.2 Å². The zero-order valence-corrected chi connectivity index (χ0v) is 15.7. The fourth-order valence-electron chi connectivity index (χ4n) is 1.44. The lowest BCUT2D eigenvalue weighted by atomic mass is 9.91. The van der Waals surface area contributed by atoms with Crippen LogP contribution in [0.2, 0.25) is 0 Å². The van der Waals surface area contributed by atoms with Crippen LogP contribution in [0.5, 0.6) is 0 Å². The molecule has 9 heteroatoms. The quantitative estimate of drug-likeness (QED) is 0.227. The normalized spacial score (nSPS) is 10.6. The molecule has 1 amide bonds. The number of hydrogen-bond acceptors (Lipinski definition) is 8. The minimum atomic E-state index is -0.967. The Morgan fingerprint density at radius 3 is 2.08 bits per heavy atom. The number of hydrogen-bond donors (Lipinski definition) is 1. The van der Waals surface area contributed by atoms with Crippen molar-refractivity contribution in [3.05, 3.63) is 0 Å². The number of nitrogens with one attached hydrogen (secondary N) is 1. The molecule has 0 aromatic rings. The van der Waals surface area contributed by atoms with Gasteiger partial charge in [0.05, 0.1) is 18.4 Å². The zero-order chi connectivity index (χ0) is 20.2. The van der Waals surface area contributed by atoms with Gasteiger partial charge in [-0.05, 0) is 20.3 Å². The third kappa shape index (κ3) is 10.4.